The number of ether oxygens (including phenoxy) is 2. The molecule has 2 atom stereocenters. The summed E-state index contributed by atoms with van der Waals surface area (Å²) < 4.78 is 12.0. The van der Waals surface area contributed by atoms with Gasteiger partial charge < -0.3 is 20.5 Å². The van der Waals surface area contributed by atoms with Crippen LogP contribution in [0.1, 0.15) is 106 Å². The Balaban J connectivity index is 0.00000118. The summed E-state index contributed by atoms with van der Waals surface area (Å²) in [5, 5.41) is 5.82. The molecule has 3 heterocycles. The van der Waals surface area contributed by atoms with Gasteiger partial charge in [-0.25, -0.2) is 4.99 Å². The highest BCUT2D eigenvalue weighted by atomic mass is 16.5. The van der Waals surface area contributed by atoms with E-state index in [1.807, 2.05) is 24.3 Å². The van der Waals surface area contributed by atoms with Crippen LogP contribution in [0.2, 0.25) is 0 Å². The second-order valence-corrected chi connectivity index (χ2v) is 11.6. The van der Waals surface area contributed by atoms with Crippen molar-refractivity contribution < 1.29 is 19.1 Å². The van der Waals surface area contributed by atoms with E-state index in [2.05, 4.69) is 55.5 Å². The van der Waals surface area contributed by atoms with Crippen molar-refractivity contribution in [3.8, 4) is 11.5 Å². The van der Waals surface area contributed by atoms with Gasteiger partial charge in [0.2, 0.25) is 5.91 Å². The van der Waals surface area contributed by atoms with Gasteiger partial charge in [0, 0.05) is 24.0 Å². The molecule has 2 aromatic rings. The number of nitrogens with one attached hydrogen (secondary N) is 2. The summed E-state index contributed by atoms with van der Waals surface area (Å²) in [6, 6.07) is 11.8. The van der Waals surface area contributed by atoms with E-state index in [0.717, 1.165) is 67.8 Å². The third-order valence-corrected chi connectivity index (χ3v) is 7.27. The number of rotatable bonds is 7. The zero-order valence-electron chi connectivity index (χ0n) is 24.3. The molecule has 2 aromatic carbocycles. The molecule has 5 rings (SSSR count). The van der Waals surface area contributed by atoms with Crippen molar-refractivity contribution in [2.45, 2.75) is 103 Å². The highest BCUT2D eigenvalue weighted by Gasteiger charge is 2.35. The fourth-order valence-electron chi connectivity index (χ4n) is 5.49. The molecule has 4 N–H and O–H groups in total. The minimum absolute atomic E-state index is 0.0392. The van der Waals surface area contributed by atoms with Crippen molar-refractivity contribution in [2.75, 3.05) is 6.61 Å². The lowest BCUT2D eigenvalue weighted by Crippen LogP contribution is -2.43. The molecule has 3 aliphatic heterocycles. The Labute approximate surface area is 238 Å². The predicted molar refractivity (Wildman–Crippen MR) is 158 cm³/mol. The Morgan fingerprint density at radius 1 is 1.15 bits per heavy atom. The molecule has 3 aliphatic rings. The van der Waals surface area contributed by atoms with Crippen molar-refractivity contribution in [3.05, 3.63) is 58.7 Å². The van der Waals surface area contributed by atoms with Crippen LogP contribution < -0.4 is 25.8 Å². The van der Waals surface area contributed by atoms with E-state index in [-0.39, 0.29) is 35.5 Å². The molecule has 8 heteroatoms. The van der Waals surface area contributed by atoms with Gasteiger partial charge in [-0.2, -0.15) is 0 Å². The van der Waals surface area contributed by atoms with Crippen LogP contribution in [0.15, 0.2) is 41.4 Å². The summed E-state index contributed by atoms with van der Waals surface area (Å²) in [5.41, 5.74) is 9.27. The Bertz CT molecular complexity index is 1240. The number of amides is 2. The van der Waals surface area contributed by atoms with E-state index in [1.165, 1.54) is 12.0 Å². The summed E-state index contributed by atoms with van der Waals surface area (Å²) >= 11 is 0. The zero-order valence-corrected chi connectivity index (χ0v) is 24.3. The monoisotopic (exact) mass is 548 g/mol. The molecular formula is C32H44N4O4. The number of nitrogens with two attached hydrogens (primary N) is 1. The lowest BCUT2D eigenvalue weighted by atomic mass is 9.88. The van der Waals surface area contributed by atoms with Gasteiger partial charge in [0.25, 0.3) is 5.91 Å². The summed E-state index contributed by atoms with van der Waals surface area (Å²) in [7, 11) is 0. The van der Waals surface area contributed by atoms with Gasteiger partial charge in [0.15, 0.2) is 5.96 Å². The van der Waals surface area contributed by atoms with E-state index < -0.39 is 0 Å². The number of hydrogen-bond donors (Lipinski definition) is 3. The predicted octanol–water partition coefficient (Wildman–Crippen LogP) is 5.38. The van der Waals surface area contributed by atoms with Crippen molar-refractivity contribution in [2.24, 2.45) is 10.7 Å². The van der Waals surface area contributed by atoms with Gasteiger partial charge in [-0.1, -0.05) is 38.8 Å². The fraction of sp³-hybridized carbons (Fsp3) is 0.531. The van der Waals surface area contributed by atoms with Crippen LogP contribution in [0.25, 0.3) is 0 Å². The molecule has 0 aromatic heterocycles. The third kappa shape index (κ3) is 7.77. The van der Waals surface area contributed by atoms with Crippen LogP contribution in [0.5, 0.6) is 11.5 Å². The number of fused-ring (bicyclic) bond motifs is 2. The lowest BCUT2D eigenvalue weighted by molar-refractivity contribution is -0.120. The van der Waals surface area contributed by atoms with Crippen molar-refractivity contribution >= 4 is 17.8 Å². The first-order valence-electron chi connectivity index (χ1n) is 14.7. The first-order valence-corrected chi connectivity index (χ1v) is 14.7. The molecule has 216 valence electrons. The average Bonchev–Trinajstić information content (AvgIpc) is 2.90. The summed E-state index contributed by atoms with van der Waals surface area (Å²) in [6.45, 7) is 9.09. The van der Waals surface area contributed by atoms with E-state index in [1.54, 1.807) is 0 Å². The molecule has 0 spiro atoms. The number of aryl methyl sites for hydroxylation is 2. The SMILES string of the molecule is CC1(C)CC(NC(=O)c2ccc3c(c2)CCCO3)c2cc(CCCCC3CC(=O)NC(N)=N3)ccc2O1.CCC. The van der Waals surface area contributed by atoms with E-state index in [0.29, 0.717) is 18.4 Å². The van der Waals surface area contributed by atoms with Crippen molar-refractivity contribution in [1.29, 1.82) is 0 Å². The number of guanidine groups is 1. The summed E-state index contributed by atoms with van der Waals surface area (Å²) in [6.07, 6.45) is 7.91. The van der Waals surface area contributed by atoms with Gasteiger partial charge in [-0.15, -0.1) is 0 Å². The van der Waals surface area contributed by atoms with Crippen LogP contribution in [0, 0.1) is 0 Å². The Morgan fingerprint density at radius 3 is 2.70 bits per heavy atom. The lowest BCUT2D eigenvalue weighted by Gasteiger charge is -2.38. The van der Waals surface area contributed by atoms with Gasteiger partial charge in [0.1, 0.15) is 17.1 Å². The molecule has 40 heavy (non-hydrogen) atoms. The van der Waals surface area contributed by atoms with Gasteiger partial charge >= 0.3 is 0 Å². The van der Waals surface area contributed by atoms with Crippen LogP contribution in [0.4, 0.5) is 0 Å². The topological polar surface area (TPSA) is 115 Å². The number of carbonyl (C=O) groups is 2. The normalized spacial score (nSPS) is 20.7. The first-order chi connectivity index (χ1) is 19.2. The van der Waals surface area contributed by atoms with Crippen molar-refractivity contribution in [3.63, 3.8) is 0 Å². The Kier molecular flexibility index (Phi) is 9.71. The minimum Gasteiger partial charge on any atom is -0.493 e. The van der Waals surface area contributed by atoms with Crippen molar-refractivity contribution in [1.82, 2.24) is 10.6 Å². The smallest absolute Gasteiger partial charge is 0.251 e. The summed E-state index contributed by atoms with van der Waals surface area (Å²) in [5.74, 6) is 1.78. The van der Waals surface area contributed by atoms with Gasteiger partial charge in [-0.05, 0) is 81.3 Å². The molecule has 0 bridgehead atoms. The van der Waals surface area contributed by atoms with Gasteiger partial charge in [-0.3, -0.25) is 14.9 Å². The van der Waals surface area contributed by atoms with Crippen LogP contribution in [0.3, 0.4) is 0 Å². The highest BCUT2D eigenvalue weighted by Crippen LogP contribution is 2.40. The molecule has 0 saturated heterocycles. The highest BCUT2D eigenvalue weighted by molar-refractivity contribution is 5.98. The first kappa shape index (κ1) is 29.4. The second-order valence-electron chi connectivity index (χ2n) is 11.6. The standard InChI is InChI=1S/C29H36N4O4.C3H8/c1-29(2)17-23(32-27(35)20-10-12-24-19(15-20)7-5-13-36-24)22-14-18(9-11-25(22)37-29)6-3-4-8-21-16-26(34)33-28(30)31-21;1-3-2/h9-12,14-15,21,23H,3-8,13,16-17H2,1-2H3,(H,32,35)(H3,30,31,33,34);3H2,1-2H3. The van der Waals surface area contributed by atoms with Gasteiger partial charge in [0.05, 0.1) is 18.7 Å². The Morgan fingerprint density at radius 2 is 1.93 bits per heavy atom. The van der Waals surface area contributed by atoms with Crippen LogP contribution in [-0.4, -0.2) is 36.0 Å². The fourth-order valence-corrected chi connectivity index (χ4v) is 5.49. The third-order valence-electron chi connectivity index (χ3n) is 7.27. The zero-order chi connectivity index (χ0) is 28.7. The molecule has 2 unspecified atom stereocenters. The number of hydrogen-bond acceptors (Lipinski definition) is 6. The molecule has 0 aliphatic carbocycles. The average molecular weight is 549 g/mol. The maximum atomic E-state index is 13.3. The molecular weight excluding hydrogens is 504 g/mol. The van der Waals surface area contributed by atoms with E-state index in [9.17, 15) is 9.59 Å². The largest absolute Gasteiger partial charge is 0.493 e. The molecule has 0 saturated carbocycles. The quantitative estimate of drug-likeness (QED) is 0.402. The molecule has 8 nitrogen and oxygen atoms in total. The van der Waals surface area contributed by atoms with Crippen LogP contribution >= 0.6 is 0 Å². The molecule has 0 radical (unpaired) electrons. The van der Waals surface area contributed by atoms with Crippen LogP contribution in [-0.2, 0) is 17.6 Å². The number of carbonyl (C=O) groups excluding carboxylic acids is 2. The number of aliphatic imine (C=N–C) groups is 1. The maximum absolute atomic E-state index is 13.3. The number of unbranched alkanes of at least 4 members (excludes halogenated alkanes) is 1. The molecule has 2 amide bonds. The van der Waals surface area contributed by atoms with E-state index in [4.69, 9.17) is 15.2 Å². The second kappa shape index (κ2) is 13.2. The number of nitrogens with zero attached hydrogens (tertiary/aromatic N) is 1. The van der Waals surface area contributed by atoms with E-state index >= 15 is 0 Å². The summed E-state index contributed by atoms with van der Waals surface area (Å²) in [4.78, 5) is 29.3. The minimum atomic E-state index is -0.384. The molecule has 0 fully saturated rings. The Hall–Kier alpha value is -3.55. The maximum Gasteiger partial charge on any atom is 0.251 e. The number of benzene rings is 2.